The lowest BCUT2D eigenvalue weighted by molar-refractivity contribution is -0.299. The number of hydrogen-bond donors (Lipinski definition) is 0. The van der Waals surface area contributed by atoms with Crippen LogP contribution >= 0.6 is 0 Å². The summed E-state index contributed by atoms with van der Waals surface area (Å²) in [5.74, 6) is -1.12. The fourth-order valence-corrected chi connectivity index (χ4v) is 1.69. The van der Waals surface area contributed by atoms with Crippen molar-refractivity contribution in [3.63, 3.8) is 0 Å². The molecule has 1 aromatic rings. The third kappa shape index (κ3) is 2.69. The number of benzene rings is 1. The van der Waals surface area contributed by atoms with Crippen LogP contribution in [0.15, 0.2) is 17.7 Å². The summed E-state index contributed by atoms with van der Waals surface area (Å²) in [5.41, 5.74) is 4.60. The first-order valence-electron chi connectivity index (χ1n) is 4.89. The van der Waals surface area contributed by atoms with Crippen molar-refractivity contribution in [1.29, 1.82) is 0 Å². The molecule has 2 heteroatoms. The van der Waals surface area contributed by atoms with E-state index in [1.165, 1.54) is 5.56 Å². The lowest BCUT2D eigenvalue weighted by Gasteiger charge is -2.09. The van der Waals surface area contributed by atoms with Gasteiger partial charge in [-0.3, -0.25) is 0 Å². The van der Waals surface area contributed by atoms with Gasteiger partial charge in [0.25, 0.3) is 0 Å². The number of rotatable bonds is 2. The molecular weight excluding hydrogens is 188 g/mol. The number of carbonyl (C=O) groups is 1. The molecule has 0 aromatic heterocycles. The highest BCUT2D eigenvalue weighted by atomic mass is 16.4. The zero-order chi connectivity index (χ0) is 11.6. The average Bonchev–Trinajstić information content (AvgIpc) is 2.10. The molecule has 0 N–H and O–H groups in total. The normalized spacial score (nSPS) is 11.6. The summed E-state index contributed by atoms with van der Waals surface area (Å²) in [4.78, 5) is 10.6. The van der Waals surface area contributed by atoms with Gasteiger partial charge < -0.3 is 9.90 Å². The van der Waals surface area contributed by atoms with Crippen molar-refractivity contribution in [2.75, 3.05) is 0 Å². The van der Waals surface area contributed by atoms with E-state index in [0.717, 1.165) is 16.7 Å². The molecule has 0 unspecified atom stereocenters. The minimum absolute atomic E-state index is 0.255. The molecule has 1 rings (SSSR count). The van der Waals surface area contributed by atoms with Gasteiger partial charge in [-0.05, 0) is 56.0 Å². The van der Waals surface area contributed by atoms with Crippen LogP contribution < -0.4 is 5.11 Å². The van der Waals surface area contributed by atoms with Gasteiger partial charge in [0.2, 0.25) is 0 Å². The lowest BCUT2D eigenvalue weighted by atomic mass is 9.98. The molecule has 0 aliphatic rings. The number of carboxylic acid groups (broad SMARTS) is 1. The van der Waals surface area contributed by atoms with Gasteiger partial charge in [-0.2, -0.15) is 0 Å². The van der Waals surface area contributed by atoms with E-state index >= 15 is 0 Å². The lowest BCUT2D eigenvalue weighted by Crippen LogP contribution is -2.22. The zero-order valence-electron chi connectivity index (χ0n) is 9.55. The zero-order valence-corrected chi connectivity index (χ0v) is 9.55. The van der Waals surface area contributed by atoms with Gasteiger partial charge in [-0.1, -0.05) is 17.7 Å². The molecule has 0 spiro atoms. The highest BCUT2D eigenvalue weighted by Gasteiger charge is 2.01. The average molecular weight is 203 g/mol. The maximum absolute atomic E-state index is 10.6. The van der Waals surface area contributed by atoms with Gasteiger partial charge in [-0.25, -0.2) is 0 Å². The van der Waals surface area contributed by atoms with Crippen LogP contribution in [-0.4, -0.2) is 5.97 Å². The Kier molecular flexibility index (Phi) is 3.30. The van der Waals surface area contributed by atoms with Crippen molar-refractivity contribution in [1.82, 2.24) is 0 Å². The van der Waals surface area contributed by atoms with Crippen molar-refractivity contribution in [3.05, 3.63) is 40.0 Å². The number of hydrogen-bond acceptors (Lipinski definition) is 2. The highest BCUT2D eigenvalue weighted by Crippen LogP contribution is 2.19. The van der Waals surface area contributed by atoms with Crippen LogP contribution in [0.25, 0.3) is 6.08 Å². The molecule has 0 saturated carbocycles. The fraction of sp³-hybridized carbons (Fsp3) is 0.308. The first-order chi connectivity index (χ1) is 6.91. The van der Waals surface area contributed by atoms with Crippen molar-refractivity contribution in [3.8, 4) is 0 Å². The van der Waals surface area contributed by atoms with Crippen LogP contribution in [0.4, 0.5) is 0 Å². The molecule has 0 aliphatic heterocycles. The van der Waals surface area contributed by atoms with Crippen LogP contribution in [0.5, 0.6) is 0 Å². The number of carbonyl (C=O) groups excluding carboxylic acids is 1. The molecule has 0 saturated heterocycles. The third-order valence-corrected chi connectivity index (χ3v) is 2.42. The van der Waals surface area contributed by atoms with E-state index in [1.807, 2.05) is 32.9 Å². The van der Waals surface area contributed by atoms with Crippen molar-refractivity contribution >= 4 is 12.0 Å². The standard InChI is InChI=1S/C13H16O2/c1-8-5-9(2)12(10(3)6-8)7-11(4)13(14)15/h5-7H,1-4H3,(H,14,15)/p-1/b11-7+. The van der Waals surface area contributed by atoms with Gasteiger partial charge >= 0.3 is 0 Å². The van der Waals surface area contributed by atoms with E-state index in [-0.39, 0.29) is 5.57 Å². The molecule has 0 radical (unpaired) electrons. The first-order valence-corrected chi connectivity index (χ1v) is 4.89. The van der Waals surface area contributed by atoms with Gasteiger partial charge in [0.1, 0.15) is 0 Å². The van der Waals surface area contributed by atoms with Crippen molar-refractivity contribution in [2.45, 2.75) is 27.7 Å². The molecular formula is C13H15O2-. The predicted molar refractivity (Wildman–Crippen MR) is 59.3 cm³/mol. The molecule has 2 nitrogen and oxygen atoms in total. The van der Waals surface area contributed by atoms with Gasteiger partial charge in [0, 0.05) is 0 Å². The fourth-order valence-electron chi connectivity index (χ4n) is 1.69. The summed E-state index contributed by atoms with van der Waals surface area (Å²) in [7, 11) is 0. The van der Waals surface area contributed by atoms with E-state index < -0.39 is 5.97 Å². The summed E-state index contributed by atoms with van der Waals surface area (Å²) in [6.07, 6.45) is 1.67. The van der Waals surface area contributed by atoms with Crippen LogP contribution in [0.1, 0.15) is 29.2 Å². The summed E-state index contributed by atoms with van der Waals surface area (Å²) in [5, 5.41) is 10.6. The second-order valence-electron chi connectivity index (χ2n) is 3.93. The van der Waals surface area contributed by atoms with E-state index in [4.69, 9.17) is 0 Å². The number of aryl methyl sites for hydroxylation is 3. The molecule has 0 aliphatic carbocycles. The number of carboxylic acids is 1. The molecule has 15 heavy (non-hydrogen) atoms. The van der Waals surface area contributed by atoms with Gasteiger partial charge in [-0.15, -0.1) is 0 Å². The van der Waals surface area contributed by atoms with E-state index in [9.17, 15) is 9.90 Å². The predicted octanol–water partition coefficient (Wildman–Crippen LogP) is 1.77. The summed E-state index contributed by atoms with van der Waals surface area (Å²) in [6.45, 7) is 7.54. The van der Waals surface area contributed by atoms with Crippen LogP contribution in [-0.2, 0) is 4.79 Å². The maximum Gasteiger partial charge on any atom is 0.0672 e. The Morgan fingerprint density at radius 1 is 1.20 bits per heavy atom. The molecule has 0 atom stereocenters. The molecule has 1 aromatic carbocycles. The monoisotopic (exact) mass is 203 g/mol. The van der Waals surface area contributed by atoms with Crippen molar-refractivity contribution < 1.29 is 9.90 Å². The van der Waals surface area contributed by atoms with E-state index in [2.05, 4.69) is 0 Å². The maximum atomic E-state index is 10.6. The van der Waals surface area contributed by atoms with Crippen molar-refractivity contribution in [2.24, 2.45) is 0 Å². The Balaban J connectivity index is 3.27. The van der Waals surface area contributed by atoms with Gasteiger partial charge in [0.15, 0.2) is 0 Å². The SMILES string of the molecule is C/C(=C\c1c(C)cc(C)cc1C)C(=O)[O-]. The Labute approximate surface area is 90.3 Å². The minimum Gasteiger partial charge on any atom is -0.545 e. The highest BCUT2D eigenvalue weighted by molar-refractivity contribution is 5.90. The summed E-state index contributed by atoms with van der Waals surface area (Å²) in [6, 6.07) is 4.09. The van der Waals surface area contributed by atoms with Crippen LogP contribution in [0.2, 0.25) is 0 Å². The third-order valence-electron chi connectivity index (χ3n) is 2.42. The summed E-state index contributed by atoms with van der Waals surface area (Å²) < 4.78 is 0. The Morgan fingerprint density at radius 3 is 2.07 bits per heavy atom. The minimum atomic E-state index is -1.12. The first kappa shape index (κ1) is 11.5. The largest absolute Gasteiger partial charge is 0.545 e. The van der Waals surface area contributed by atoms with E-state index in [0.29, 0.717) is 0 Å². The quantitative estimate of drug-likeness (QED) is 0.687. The second-order valence-corrected chi connectivity index (χ2v) is 3.93. The summed E-state index contributed by atoms with van der Waals surface area (Å²) >= 11 is 0. The molecule has 0 bridgehead atoms. The molecule has 0 amide bonds. The molecule has 0 fully saturated rings. The second kappa shape index (κ2) is 4.30. The van der Waals surface area contributed by atoms with Crippen LogP contribution in [0, 0.1) is 20.8 Å². The van der Waals surface area contributed by atoms with E-state index in [1.54, 1.807) is 13.0 Å². The van der Waals surface area contributed by atoms with Gasteiger partial charge in [0.05, 0.1) is 5.97 Å². The van der Waals surface area contributed by atoms with Crippen LogP contribution in [0.3, 0.4) is 0 Å². The Morgan fingerprint density at radius 2 is 1.67 bits per heavy atom. The molecule has 0 heterocycles. The Bertz CT molecular complexity index is 405. The topological polar surface area (TPSA) is 40.1 Å². The smallest absolute Gasteiger partial charge is 0.0672 e. The Hall–Kier alpha value is -1.57. The number of aliphatic carboxylic acids is 1. The molecule has 80 valence electrons.